The monoisotopic (exact) mass is 290 g/mol. The quantitative estimate of drug-likeness (QED) is 0.887. The average molecular weight is 290 g/mol. The van der Waals surface area contributed by atoms with Crippen molar-refractivity contribution in [1.29, 1.82) is 0 Å². The first-order chi connectivity index (χ1) is 10.2. The molecular weight excluding hydrogens is 268 g/mol. The molecular formula is C14H22N6O. The number of methoxy groups -OCH3 is 1. The Bertz CT molecular complexity index is 613. The van der Waals surface area contributed by atoms with Crippen LogP contribution in [0.1, 0.15) is 25.8 Å². The third-order valence-electron chi connectivity index (χ3n) is 4.32. The highest BCUT2D eigenvalue weighted by atomic mass is 16.5. The summed E-state index contributed by atoms with van der Waals surface area (Å²) in [4.78, 5) is 15.2. The van der Waals surface area contributed by atoms with E-state index in [1.807, 2.05) is 6.33 Å². The zero-order chi connectivity index (χ0) is 14.8. The number of imidazole rings is 1. The van der Waals surface area contributed by atoms with Crippen LogP contribution in [0, 0.1) is 0 Å². The highest BCUT2D eigenvalue weighted by molar-refractivity contribution is 5.81. The molecule has 0 bridgehead atoms. The average Bonchev–Trinajstić information content (AvgIpc) is 3.11. The van der Waals surface area contributed by atoms with Crippen LogP contribution in [-0.4, -0.2) is 57.3 Å². The second-order valence-corrected chi connectivity index (χ2v) is 5.54. The number of hydrogen-bond acceptors (Lipinski definition) is 6. The number of hydrogen-bond donors (Lipinski definition) is 1. The number of nitrogens with two attached hydrogens (primary N) is 1. The molecule has 0 saturated carbocycles. The molecule has 0 spiro atoms. The molecule has 2 aromatic rings. The Morgan fingerprint density at radius 2 is 2.29 bits per heavy atom. The molecule has 2 atom stereocenters. The number of nitrogen functional groups attached to an aromatic ring is 1. The molecule has 0 radical (unpaired) electrons. The third-order valence-corrected chi connectivity index (χ3v) is 4.32. The van der Waals surface area contributed by atoms with E-state index in [1.54, 1.807) is 7.11 Å². The molecule has 0 aromatic carbocycles. The lowest BCUT2D eigenvalue weighted by atomic mass is 10.2. The van der Waals surface area contributed by atoms with Crippen molar-refractivity contribution in [3.8, 4) is 0 Å². The number of rotatable bonds is 5. The van der Waals surface area contributed by atoms with Crippen molar-refractivity contribution in [2.24, 2.45) is 0 Å². The van der Waals surface area contributed by atoms with Gasteiger partial charge in [-0.25, -0.2) is 15.0 Å². The molecule has 21 heavy (non-hydrogen) atoms. The van der Waals surface area contributed by atoms with Crippen LogP contribution < -0.4 is 5.73 Å². The number of ether oxygens (including phenoxy) is 1. The van der Waals surface area contributed by atoms with Crippen LogP contribution in [-0.2, 0) is 4.74 Å². The maximum absolute atomic E-state index is 5.85. The van der Waals surface area contributed by atoms with Crippen LogP contribution in [0.4, 0.5) is 5.82 Å². The van der Waals surface area contributed by atoms with Gasteiger partial charge < -0.3 is 15.0 Å². The zero-order valence-corrected chi connectivity index (χ0v) is 12.6. The van der Waals surface area contributed by atoms with Gasteiger partial charge in [0.15, 0.2) is 11.5 Å². The minimum Gasteiger partial charge on any atom is -0.383 e. The van der Waals surface area contributed by atoms with Gasteiger partial charge in [-0.05, 0) is 12.8 Å². The molecule has 7 heteroatoms. The lowest BCUT2D eigenvalue weighted by Gasteiger charge is -2.26. The Morgan fingerprint density at radius 1 is 1.43 bits per heavy atom. The van der Waals surface area contributed by atoms with Gasteiger partial charge in [-0.15, -0.1) is 0 Å². The fourth-order valence-corrected chi connectivity index (χ4v) is 3.14. The van der Waals surface area contributed by atoms with E-state index < -0.39 is 0 Å². The Hall–Kier alpha value is -1.73. The van der Waals surface area contributed by atoms with Crippen molar-refractivity contribution in [2.75, 3.05) is 32.5 Å². The van der Waals surface area contributed by atoms with Crippen molar-refractivity contribution >= 4 is 17.0 Å². The van der Waals surface area contributed by atoms with Crippen LogP contribution in [0.2, 0.25) is 0 Å². The fraction of sp³-hybridized carbons (Fsp3) is 0.643. The minimum absolute atomic E-state index is 0.384. The van der Waals surface area contributed by atoms with Crippen LogP contribution >= 0.6 is 0 Å². The van der Waals surface area contributed by atoms with Gasteiger partial charge in [-0.1, -0.05) is 6.92 Å². The molecule has 2 aromatic heterocycles. The molecule has 114 valence electrons. The van der Waals surface area contributed by atoms with Gasteiger partial charge in [0.1, 0.15) is 11.8 Å². The summed E-state index contributed by atoms with van der Waals surface area (Å²) in [5, 5.41) is 0. The lowest BCUT2D eigenvalue weighted by Crippen LogP contribution is -2.36. The summed E-state index contributed by atoms with van der Waals surface area (Å²) < 4.78 is 7.45. The van der Waals surface area contributed by atoms with Crippen molar-refractivity contribution in [3.63, 3.8) is 0 Å². The van der Waals surface area contributed by atoms with Crippen molar-refractivity contribution in [1.82, 2.24) is 24.4 Å². The molecule has 2 N–H and O–H groups in total. The van der Waals surface area contributed by atoms with Gasteiger partial charge in [0.05, 0.1) is 19.0 Å². The van der Waals surface area contributed by atoms with Gasteiger partial charge in [0, 0.05) is 26.2 Å². The van der Waals surface area contributed by atoms with Gasteiger partial charge >= 0.3 is 0 Å². The van der Waals surface area contributed by atoms with Crippen molar-refractivity contribution in [2.45, 2.75) is 31.8 Å². The molecule has 0 aliphatic carbocycles. The van der Waals surface area contributed by atoms with Gasteiger partial charge in [0.2, 0.25) is 0 Å². The predicted molar refractivity (Wildman–Crippen MR) is 80.9 cm³/mol. The maximum atomic E-state index is 5.85. The largest absolute Gasteiger partial charge is 0.383 e. The summed E-state index contributed by atoms with van der Waals surface area (Å²) >= 11 is 0. The maximum Gasteiger partial charge on any atom is 0.165 e. The number of nitrogens with zero attached hydrogens (tertiary/aromatic N) is 5. The van der Waals surface area contributed by atoms with E-state index in [2.05, 4.69) is 31.3 Å². The molecule has 3 rings (SSSR count). The first-order valence-corrected chi connectivity index (χ1v) is 7.40. The minimum atomic E-state index is 0.384. The molecule has 0 amide bonds. The standard InChI is InChI=1S/C14H22N6O/c1-3-10(7-21-2)19-5-4-11(6-19)20-9-18-12-13(15)16-8-17-14(12)20/h8-11H,3-7H2,1-2H3,(H2,15,16,17). The van der Waals surface area contributed by atoms with Crippen LogP contribution in [0.3, 0.4) is 0 Å². The number of aromatic nitrogens is 4. The Balaban J connectivity index is 1.80. The van der Waals surface area contributed by atoms with Crippen LogP contribution in [0.25, 0.3) is 11.2 Å². The van der Waals surface area contributed by atoms with Crippen molar-refractivity contribution in [3.05, 3.63) is 12.7 Å². The summed E-state index contributed by atoms with van der Waals surface area (Å²) in [6.45, 7) is 5.06. The van der Waals surface area contributed by atoms with Gasteiger partial charge in [0.25, 0.3) is 0 Å². The van der Waals surface area contributed by atoms with Gasteiger partial charge in [-0.3, -0.25) is 4.90 Å². The SMILES string of the molecule is CCC(COC)N1CCC(n2cnc3c(N)ncnc32)C1. The highest BCUT2D eigenvalue weighted by Crippen LogP contribution is 2.27. The van der Waals surface area contributed by atoms with E-state index >= 15 is 0 Å². The highest BCUT2D eigenvalue weighted by Gasteiger charge is 2.29. The first kappa shape index (κ1) is 14.2. The molecule has 2 unspecified atom stereocenters. The van der Waals surface area contributed by atoms with E-state index in [0.29, 0.717) is 23.4 Å². The van der Waals surface area contributed by atoms with E-state index in [9.17, 15) is 0 Å². The number of fused-ring (bicyclic) bond motifs is 1. The zero-order valence-electron chi connectivity index (χ0n) is 12.6. The molecule has 1 fully saturated rings. The van der Waals surface area contributed by atoms with E-state index in [-0.39, 0.29) is 0 Å². The summed E-state index contributed by atoms with van der Waals surface area (Å²) in [6.07, 6.45) is 5.53. The smallest absolute Gasteiger partial charge is 0.165 e. The Labute approximate surface area is 124 Å². The lowest BCUT2D eigenvalue weighted by molar-refractivity contribution is 0.101. The summed E-state index contributed by atoms with van der Waals surface area (Å²) in [5.41, 5.74) is 7.37. The molecule has 1 saturated heterocycles. The van der Waals surface area contributed by atoms with Gasteiger partial charge in [-0.2, -0.15) is 0 Å². The second-order valence-electron chi connectivity index (χ2n) is 5.54. The van der Waals surface area contributed by atoms with Crippen molar-refractivity contribution < 1.29 is 4.74 Å². The Kier molecular flexibility index (Phi) is 4.03. The second kappa shape index (κ2) is 5.95. The van der Waals surface area contributed by atoms with Crippen LogP contribution in [0.5, 0.6) is 0 Å². The Morgan fingerprint density at radius 3 is 3.05 bits per heavy atom. The van der Waals surface area contributed by atoms with Crippen LogP contribution in [0.15, 0.2) is 12.7 Å². The summed E-state index contributed by atoms with van der Waals surface area (Å²) in [6, 6.07) is 0.865. The predicted octanol–water partition coefficient (Wildman–Crippen LogP) is 1.08. The van der Waals surface area contributed by atoms with E-state index in [4.69, 9.17) is 10.5 Å². The molecule has 7 nitrogen and oxygen atoms in total. The normalized spacial score (nSPS) is 21.1. The molecule has 3 heterocycles. The fourth-order valence-electron chi connectivity index (χ4n) is 3.14. The first-order valence-electron chi connectivity index (χ1n) is 7.40. The number of anilines is 1. The summed E-state index contributed by atoms with van der Waals surface area (Å²) in [5.74, 6) is 0.444. The third kappa shape index (κ3) is 2.58. The molecule has 1 aliphatic heterocycles. The number of likely N-dealkylation sites (tertiary alicyclic amines) is 1. The molecule has 1 aliphatic rings. The van der Waals surface area contributed by atoms with E-state index in [1.165, 1.54) is 6.33 Å². The summed E-state index contributed by atoms with van der Waals surface area (Å²) in [7, 11) is 1.76. The van der Waals surface area contributed by atoms with E-state index in [0.717, 1.165) is 38.2 Å². The topological polar surface area (TPSA) is 82.1 Å².